The van der Waals surface area contributed by atoms with Gasteiger partial charge in [0.05, 0.1) is 0 Å². The molecule has 4 nitrogen and oxygen atoms in total. The van der Waals surface area contributed by atoms with Crippen LogP contribution in [-0.4, -0.2) is 11.1 Å². The smallest absolute Gasteiger partial charge is 0.253 e. The number of hydrogen-bond acceptors (Lipinski definition) is 4. The normalized spacial score (nSPS) is 10.3. The Bertz CT molecular complexity index is 433. The molecular weight excluding hydrogens is 200 g/mol. The van der Waals surface area contributed by atoms with E-state index in [1.54, 1.807) is 11.3 Å². The Labute approximate surface area is 84.3 Å². The van der Waals surface area contributed by atoms with Crippen molar-refractivity contribution in [3.05, 3.63) is 39.9 Å². The Morgan fingerprint density at radius 2 is 2.50 bits per heavy atom. The van der Waals surface area contributed by atoms with Gasteiger partial charge in [-0.3, -0.25) is 4.79 Å². The van der Waals surface area contributed by atoms with Crippen LogP contribution >= 0.6 is 11.3 Å². The molecule has 72 valence electrons. The third-order valence-corrected chi connectivity index (χ3v) is 2.71. The van der Waals surface area contributed by atoms with E-state index in [2.05, 4.69) is 5.16 Å². The van der Waals surface area contributed by atoms with E-state index in [0.29, 0.717) is 17.7 Å². The first kappa shape index (κ1) is 8.96. The first-order chi connectivity index (χ1) is 6.77. The Morgan fingerprint density at radius 1 is 1.64 bits per heavy atom. The van der Waals surface area contributed by atoms with Gasteiger partial charge in [0.25, 0.3) is 5.91 Å². The number of rotatable bonds is 3. The fourth-order valence-corrected chi connectivity index (χ4v) is 1.87. The van der Waals surface area contributed by atoms with Gasteiger partial charge in [0.2, 0.25) is 0 Å². The van der Waals surface area contributed by atoms with Gasteiger partial charge in [-0.25, -0.2) is 0 Å². The fraction of sp³-hybridized carbons (Fsp3) is 0.111. The van der Waals surface area contributed by atoms with Crippen molar-refractivity contribution in [3.8, 4) is 0 Å². The summed E-state index contributed by atoms with van der Waals surface area (Å²) < 4.78 is 4.71. The topological polar surface area (TPSA) is 69.1 Å². The molecule has 0 fully saturated rings. The standard InChI is InChI=1S/C9H8N2O2S/c10-9(12)7-5-13-11-8(7)4-6-2-1-3-14-6/h1-3,5H,4H2,(H2,10,12). The lowest BCUT2D eigenvalue weighted by atomic mass is 10.2. The molecule has 5 heteroatoms. The minimum absolute atomic E-state index is 0.360. The highest BCUT2D eigenvalue weighted by molar-refractivity contribution is 7.09. The second-order valence-electron chi connectivity index (χ2n) is 2.80. The van der Waals surface area contributed by atoms with Crippen LogP contribution in [0.15, 0.2) is 28.3 Å². The quantitative estimate of drug-likeness (QED) is 0.829. The highest BCUT2D eigenvalue weighted by atomic mass is 32.1. The Morgan fingerprint density at radius 3 is 3.14 bits per heavy atom. The number of thiophene rings is 1. The zero-order valence-corrected chi connectivity index (χ0v) is 8.08. The van der Waals surface area contributed by atoms with E-state index in [-0.39, 0.29) is 0 Å². The van der Waals surface area contributed by atoms with Crippen LogP contribution < -0.4 is 5.73 Å². The summed E-state index contributed by atoms with van der Waals surface area (Å²) in [5.74, 6) is -0.502. The lowest BCUT2D eigenvalue weighted by Crippen LogP contribution is -2.12. The molecule has 0 aliphatic carbocycles. The minimum Gasteiger partial charge on any atom is -0.365 e. The molecule has 1 amide bonds. The van der Waals surface area contributed by atoms with E-state index in [1.165, 1.54) is 6.26 Å². The second kappa shape index (κ2) is 3.63. The molecule has 0 saturated carbocycles. The molecule has 0 unspecified atom stereocenters. The van der Waals surface area contributed by atoms with Crippen LogP contribution in [0.5, 0.6) is 0 Å². The monoisotopic (exact) mass is 208 g/mol. The zero-order chi connectivity index (χ0) is 9.97. The molecule has 2 rings (SSSR count). The summed E-state index contributed by atoms with van der Waals surface area (Å²) in [7, 11) is 0. The minimum atomic E-state index is -0.502. The molecule has 0 aromatic carbocycles. The average molecular weight is 208 g/mol. The molecule has 2 N–H and O–H groups in total. The molecule has 14 heavy (non-hydrogen) atoms. The average Bonchev–Trinajstić information content (AvgIpc) is 2.75. The fourth-order valence-electron chi connectivity index (χ4n) is 1.17. The zero-order valence-electron chi connectivity index (χ0n) is 7.27. The molecule has 0 atom stereocenters. The van der Waals surface area contributed by atoms with Gasteiger partial charge in [0, 0.05) is 11.3 Å². The summed E-state index contributed by atoms with van der Waals surface area (Å²) in [5.41, 5.74) is 6.11. The molecule has 0 bridgehead atoms. The number of nitrogens with zero attached hydrogens (tertiary/aromatic N) is 1. The van der Waals surface area contributed by atoms with Crippen LogP contribution in [0.3, 0.4) is 0 Å². The van der Waals surface area contributed by atoms with Gasteiger partial charge in [0.15, 0.2) is 0 Å². The number of hydrogen-bond donors (Lipinski definition) is 1. The van der Waals surface area contributed by atoms with Crippen LogP contribution in [0.1, 0.15) is 20.9 Å². The van der Waals surface area contributed by atoms with Crippen molar-refractivity contribution >= 4 is 17.2 Å². The van der Waals surface area contributed by atoms with Crippen LogP contribution in [0.25, 0.3) is 0 Å². The highest BCUT2D eigenvalue weighted by Crippen LogP contribution is 2.16. The highest BCUT2D eigenvalue weighted by Gasteiger charge is 2.13. The van der Waals surface area contributed by atoms with E-state index in [0.717, 1.165) is 4.88 Å². The maximum Gasteiger partial charge on any atom is 0.253 e. The van der Waals surface area contributed by atoms with Crippen LogP contribution in [0, 0.1) is 0 Å². The molecule has 0 aliphatic rings. The number of amides is 1. The largest absolute Gasteiger partial charge is 0.365 e. The number of aromatic nitrogens is 1. The number of carbonyl (C=O) groups excluding carboxylic acids is 1. The first-order valence-corrected chi connectivity index (χ1v) is 4.91. The van der Waals surface area contributed by atoms with Crippen molar-refractivity contribution in [3.63, 3.8) is 0 Å². The maximum atomic E-state index is 10.9. The maximum absolute atomic E-state index is 10.9. The van der Waals surface area contributed by atoms with Crippen LogP contribution in [0.2, 0.25) is 0 Å². The third-order valence-electron chi connectivity index (χ3n) is 1.83. The number of primary amides is 1. The molecular formula is C9H8N2O2S. The van der Waals surface area contributed by atoms with Gasteiger partial charge < -0.3 is 10.3 Å². The Balaban J connectivity index is 2.25. The lowest BCUT2D eigenvalue weighted by molar-refractivity contribution is 0.0999. The summed E-state index contributed by atoms with van der Waals surface area (Å²) in [4.78, 5) is 12.1. The molecule has 2 heterocycles. The summed E-state index contributed by atoms with van der Waals surface area (Å²) in [5, 5.41) is 5.71. The predicted molar refractivity (Wildman–Crippen MR) is 52.1 cm³/mol. The van der Waals surface area contributed by atoms with Crippen molar-refractivity contribution in [2.24, 2.45) is 5.73 Å². The van der Waals surface area contributed by atoms with Gasteiger partial charge in [0.1, 0.15) is 17.5 Å². The van der Waals surface area contributed by atoms with Gasteiger partial charge in [-0.15, -0.1) is 11.3 Å². The van der Waals surface area contributed by atoms with Gasteiger partial charge in [-0.05, 0) is 11.4 Å². The summed E-state index contributed by atoms with van der Waals surface area (Å²) in [6.45, 7) is 0. The van der Waals surface area contributed by atoms with Crippen LogP contribution in [0.4, 0.5) is 0 Å². The molecule has 0 radical (unpaired) electrons. The summed E-state index contributed by atoms with van der Waals surface area (Å²) in [6.07, 6.45) is 1.87. The molecule has 2 aromatic rings. The van der Waals surface area contributed by atoms with Crippen molar-refractivity contribution in [1.82, 2.24) is 5.16 Å². The van der Waals surface area contributed by atoms with E-state index < -0.39 is 5.91 Å². The molecule has 0 spiro atoms. The SMILES string of the molecule is NC(=O)c1conc1Cc1cccs1. The summed E-state index contributed by atoms with van der Waals surface area (Å²) in [6, 6.07) is 3.92. The van der Waals surface area contributed by atoms with Crippen molar-refractivity contribution in [1.29, 1.82) is 0 Å². The molecule has 0 aliphatic heterocycles. The van der Waals surface area contributed by atoms with E-state index in [4.69, 9.17) is 10.3 Å². The Kier molecular flexibility index (Phi) is 2.32. The van der Waals surface area contributed by atoms with Crippen molar-refractivity contribution in [2.45, 2.75) is 6.42 Å². The first-order valence-electron chi connectivity index (χ1n) is 4.03. The second-order valence-corrected chi connectivity index (χ2v) is 3.83. The van der Waals surface area contributed by atoms with Crippen LogP contribution in [-0.2, 0) is 6.42 Å². The van der Waals surface area contributed by atoms with E-state index >= 15 is 0 Å². The van der Waals surface area contributed by atoms with Gasteiger partial charge in [-0.2, -0.15) is 0 Å². The Hall–Kier alpha value is -1.62. The number of carbonyl (C=O) groups is 1. The van der Waals surface area contributed by atoms with E-state index in [1.807, 2.05) is 17.5 Å². The van der Waals surface area contributed by atoms with E-state index in [9.17, 15) is 4.79 Å². The third kappa shape index (κ3) is 1.67. The van der Waals surface area contributed by atoms with Gasteiger partial charge >= 0.3 is 0 Å². The predicted octanol–water partition coefficient (Wildman–Crippen LogP) is 1.43. The van der Waals surface area contributed by atoms with Crippen molar-refractivity contribution < 1.29 is 9.32 Å². The van der Waals surface area contributed by atoms with Crippen molar-refractivity contribution in [2.75, 3.05) is 0 Å². The number of nitrogens with two attached hydrogens (primary N) is 1. The molecule has 2 aromatic heterocycles. The molecule has 0 saturated heterocycles. The van der Waals surface area contributed by atoms with Gasteiger partial charge in [-0.1, -0.05) is 11.2 Å². The summed E-state index contributed by atoms with van der Waals surface area (Å²) >= 11 is 1.61. The lowest BCUT2D eigenvalue weighted by Gasteiger charge is -1.93.